The van der Waals surface area contributed by atoms with Gasteiger partial charge in [0.1, 0.15) is 11.6 Å². The van der Waals surface area contributed by atoms with Crippen molar-refractivity contribution in [2.24, 2.45) is 0 Å². The van der Waals surface area contributed by atoms with Crippen LogP contribution in [0.2, 0.25) is 0 Å². The first-order chi connectivity index (χ1) is 14.3. The fourth-order valence-electron chi connectivity index (χ4n) is 3.41. The number of nitrogens with one attached hydrogen (secondary N) is 1. The summed E-state index contributed by atoms with van der Waals surface area (Å²) in [6.07, 6.45) is -0.531. The van der Waals surface area contributed by atoms with Crippen LogP contribution in [0.5, 0.6) is 5.75 Å². The number of piperidine rings is 1. The lowest BCUT2D eigenvalue weighted by atomic mass is 10.1. The summed E-state index contributed by atoms with van der Waals surface area (Å²) < 4.78 is 45.0. The van der Waals surface area contributed by atoms with E-state index in [1.807, 2.05) is 4.90 Å². The van der Waals surface area contributed by atoms with Gasteiger partial charge in [0.15, 0.2) is 0 Å². The van der Waals surface area contributed by atoms with Crippen molar-refractivity contribution in [1.82, 2.24) is 15.0 Å². The highest BCUT2D eigenvalue weighted by molar-refractivity contribution is 5.91. The van der Waals surface area contributed by atoms with Crippen LogP contribution in [-0.2, 0) is 6.18 Å². The van der Waals surface area contributed by atoms with Gasteiger partial charge in [-0.3, -0.25) is 4.98 Å². The first-order valence-electron chi connectivity index (χ1n) is 9.42. The SMILES string of the molecule is COc1ccc(Nc2nc(N3CCC(O)CC3)nc3ccncc23)cc1C(F)(F)F. The summed E-state index contributed by atoms with van der Waals surface area (Å²) >= 11 is 0. The number of ether oxygens (including phenoxy) is 1. The summed E-state index contributed by atoms with van der Waals surface area (Å²) in [5.41, 5.74) is -0.0445. The quantitative estimate of drug-likeness (QED) is 0.666. The number of nitrogens with zero attached hydrogens (tertiary/aromatic N) is 4. The Morgan fingerprint density at radius 2 is 1.93 bits per heavy atom. The van der Waals surface area contributed by atoms with Crippen molar-refractivity contribution in [2.75, 3.05) is 30.4 Å². The van der Waals surface area contributed by atoms with Crippen molar-refractivity contribution in [3.8, 4) is 5.75 Å². The van der Waals surface area contributed by atoms with Gasteiger partial charge in [-0.25, -0.2) is 4.98 Å². The average molecular weight is 419 g/mol. The van der Waals surface area contributed by atoms with E-state index in [4.69, 9.17) is 4.74 Å². The van der Waals surface area contributed by atoms with E-state index in [2.05, 4.69) is 20.3 Å². The van der Waals surface area contributed by atoms with Crippen LogP contribution in [-0.4, -0.2) is 46.4 Å². The zero-order chi connectivity index (χ0) is 21.3. The molecule has 3 aromatic rings. The number of pyridine rings is 1. The number of aromatic nitrogens is 3. The third-order valence-corrected chi connectivity index (χ3v) is 5.00. The Hall–Kier alpha value is -3.14. The summed E-state index contributed by atoms with van der Waals surface area (Å²) in [4.78, 5) is 15.1. The minimum atomic E-state index is -4.56. The third kappa shape index (κ3) is 4.09. The van der Waals surface area contributed by atoms with Crippen molar-refractivity contribution >= 4 is 28.4 Å². The lowest BCUT2D eigenvalue weighted by Gasteiger charge is -2.30. The summed E-state index contributed by atoms with van der Waals surface area (Å²) in [5, 5.41) is 13.3. The number of aliphatic hydroxyl groups excluding tert-OH is 1. The molecule has 0 unspecified atom stereocenters. The molecule has 0 bridgehead atoms. The maximum absolute atomic E-state index is 13.4. The minimum Gasteiger partial charge on any atom is -0.496 e. The normalized spacial score (nSPS) is 15.4. The summed E-state index contributed by atoms with van der Waals surface area (Å²) in [6.45, 7) is 1.19. The largest absolute Gasteiger partial charge is 0.496 e. The molecule has 1 fully saturated rings. The zero-order valence-corrected chi connectivity index (χ0v) is 16.1. The van der Waals surface area contributed by atoms with Gasteiger partial charge in [-0.05, 0) is 37.1 Å². The highest BCUT2D eigenvalue weighted by Crippen LogP contribution is 2.38. The molecule has 0 amide bonds. The summed E-state index contributed by atoms with van der Waals surface area (Å²) in [7, 11) is 1.20. The Bertz CT molecular complexity index is 1050. The predicted molar refractivity (Wildman–Crippen MR) is 106 cm³/mol. The highest BCUT2D eigenvalue weighted by atomic mass is 19.4. The molecule has 0 spiro atoms. The molecule has 1 aliphatic rings. The first kappa shape index (κ1) is 20.1. The van der Waals surface area contributed by atoms with Crippen molar-refractivity contribution in [1.29, 1.82) is 0 Å². The number of methoxy groups -OCH3 is 1. The molecule has 3 heterocycles. The highest BCUT2D eigenvalue weighted by Gasteiger charge is 2.34. The number of halogens is 3. The molecule has 1 aliphatic heterocycles. The van der Waals surface area contributed by atoms with Crippen LogP contribution in [0, 0.1) is 0 Å². The molecule has 0 radical (unpaired) electrons. The van der Waals surface area contributed by atoms with Gasteiger partial charge in [0.25, 0.3) is 0 Å². The molecule has 0 saturated carbocycles. The van der Waals surface area contributed by atoms with E-state index in [1.165, 1.54) is 19.2 Å². The zero-order valence-electron chi connectivity index (χ0n) is 16.1. The Morgan fingerprint density at radius 1 is 1.17 bits per heavy atom. The minimum absolute atomic E-state index is 0.215. The molecule has 2 N–H and O–H groups in total. The van der Waals surface area contributed by atoms with Gasteiger partial charge in [0.2, 0.25) is 5.95 Å². The molecular weight excluding hydrogens is 399 g/mol. The maximum atomic E-state index is 13.4. The van der Waals surface area contributed by atoms with Gasteiger partial charge in [0, 0.05) is 31.2 Å². The Labute approximate surface area is 170 Å². The standard InChI is InChI=1S/C20H20F3N5O2/c1-30-17-3-2-12(10-15(17)20(21,22)23)25-18-14-11-24-7-4-16(14)26-19(27-18)28-8-5-13(29)6-9-28/h2-4,7,10-11,13,29H,5-6,8-9H2,1H3,(H,25,26,27). The van der Waals surface area contributed by atoms with Crippen LogP contribution in [0.25, 0.3) is 10.9 Å². The summed E-state index contributed by atoms with van der Waals surface area (Å²) in [6, 6.07) is 5.47. The number of hydrogen-bond donors (Lipinski definition) is 2. The maximum Gasteiger partial charge on any atom is 0.420 e. The number of fused-ring (bicyclic) bond motifs is 1. The lowest BCUT2D eigenvalue weighted by molar-refractivity contribution is -0.138. The number of benzene rings is 1. The molecular formula is C20H20F3N5O2. The van der Waals surface area contributed by atoms with Crippen LogP contribution in [0.15, 0.2) is 36.7 Å². The number of alkyl halides is 3. The Kier molecular flexibility index (Phi) is 5.33. The topological polar surface area (TPSA) is 83.4 Å². The molecule has 1 aromatic carbocycles. The third-order valence-electron chi connectivity index (χ3n) is 5.00. The monoisotopic (exact) mass is 419 g/mol. The molecule has 10 heteroatoms. The van der Waals surface area contributed by atoms with Gasteiger partial charge < -0.3 is 20.1 Å². The molecule has 0 aliphatic carbocycles. The van der Waals surface area contributed by atoms with E-state index < -0.39 is 11.7 Å². The fraction of sp³-hybridized carbons (Fsp3) is 0.350. The lowest BCUT2D eigenvalue weighted by Crippen LogP contribution is -2.36. The smallest absolute Gasteiger partial charge is 0.420 e. The number of anilines is 3. The van der Waals surface area contributed by atoms with E-state index in [0.29, 0.717) is 48.6 Å². The molecule has 4 rings (SSSR count). The molecule has 2 aromatic heterocycles. The van der Waals surface area contributed by atoms with E-state index in [-0.39, 0.29) is 17.5 Å². The van der Waals surface area contributed by atoms with Crippen molar-refractivity contribution in [3.63, 3.8) is 0 Å². The van der Waals surface area contributed by atoms with Gasteiger partial charge in [-0.2, -0.15) is 18.2 Å². The van der Waals surface area contributed by atoms with Crippen LogP contribution in [0.1, 0.15) is 18.4 Å². The molecule has 7 nitrogen and oxygen atoms in total. The summed E-state index contributed by atoms with van der Waals surface area (Å²) in [5.74, 6) is 0.551. The van der Waals surface area contributed by atoms with Crippen LogP contribution >= 0.6 is 0 Å². The Balaban J connectivity index is 1.73. The molecule has 158 valence electrons. The molecule has 1 saturated heterocycles. The average Bonchev–Trinajstić information content (AvgIpc) is 2.73. The van der Waals surface area contributed by atoms with E-state index in [9.17, 15) is 18.3 Å². The second-order valence-electron chi connectivity index (χ2n) is 7.02. The van der Waals surface area contributed by atoms with Gasteiger partial charge in [-0.15, -0.1) is 0 Å². The van der Waals surface area contributed by atoms with Crippen molar-refractivity contribution in [2.45, 2.75) is 25.1 Å². The second-order valence-corrected chi connectivity index (χ2v) is 7.02. The predicted octanol–water partition coefficient (Wildman–Crippen LogP) is 3.76. The van der Waals surface area contributed by atoms with Crippen LogP contribution < -0.4 is 15.0 Å². The van der Waals surface area contributed by atoms with E-state index >= 15 is 0 Å². The van der Waals surface area contributed by atoms with Gasteiger partial charge in [-0.1, -0.05) is 0 Å². The van der Waals surface area contributed by atoms with Crippen molar-refractivity contribution in [3.05, 3.63) is 42.2 Å². The van der Waals surface area contributed by atoms with E-state index in [1.54, 1.807) is 18.5 Å². The molecule has 0 atom stereocenters. The second kappa shape index (κ2) is 7.94. The van der Waals surface area contributed by atoms with Gasteiger partial charge >= 0.3 is 6.18 Å². The van der Waals surface area contributed by atoms with Crippen LogP contribution in [0.4, 0.5) is 30.6 Å². The van der Waals surface area contributed by atoms with Gasteiger partial charge in [0.05, 0.1) is 29.7 Å². The van der Waals surface area contributed by atoms with Crippen molar-refractivity contribution < 1.29 is 23.0 Å². The fourth-order valence-corrected chi connectivity index (χ4v) is 3.41. The van der Waals surface area contributed by atoms with Crippen LogP contribution in [0.3, 0.4) is 0 Å². The Morgan fingerprint density at radius 3 is 2.63 bits per heavy atom. The number of rotatable bonds is 4. The molecule has 30 heavy (non-hydrogen) atoms. The number of hydrogen-bond acceptors (Lipinski definition) is 7. The first-order valence-corrected chi connectivity index (χ1v) is 9.42. The van der Waals surface area contributed by atoms with E-state index in [0.717, 1.165) is 6.07 Å². The number of aliphatic hydroxyl groups is 1.